The molecule has 2 heterocycles. The first-order chi connectivity index (χ1) is 7.79. The van der Waals surface area contributed by atoms with Crippen molar-refractivity contribution < 1.29 is 4.74 Å². The highest BCUT2D eigenvalue weighted by Gasteiger charge is 2.24. The summed E-state index contributed by atoms with van der Waals surface area (Å²) in [6, 6.07) is 2.42. The van der Waals surface area contributed by atoms with Crippen molar-refractivity contribution >= 4 is 0 Å². The van der Waals surface area contributed by atoms with Gasteiger partial charge in [0.15, 0.2) is 0 Å². The predicted octanol–water partition coefficient (Wildman–Crippen LogP) is -0.0689. The molecule has 1 aliphatic rings. The van der Waals surface area contributed by atoms with E-state index < -0.39 is 0 Å². The fourth-order valence-corrected chi connectivity index (χ4v) is 1.99. The number of aromatic nitrogens is 2. The maximum Gasteiger partial charge on any atom is 0.0824 e. The van der Waals surface area contributed by atoms with E-state index in [0.717, 1.165) is 26.2 Å². The monoisotopic (exact) mass is 224 g/mol. The predicted molar refractivity (Wildman–Crippen MR) is 62.1 cm³/mol. The molecule has 0 saturated carbocycles. The zero-order valence-corrected chi connectivity index (χ0v) is 9.75. The summed E-state index contributed by atoms with van der Waals surface area (Å²) in [4.78, 5) is 2.42. The van der Waals surface area contributed by atoms with Gasteiger partial charge >= 0.3 is 0 Å². The molecular formula is C11H20N4O. The zero-order valence-electron chi connectivity index (χ0n) is 9.75. The van der Waals surface area contributed by atoms with Crippen molar-refractivity contribution in [1.29, 1.82) is 0 Å². The molecule has 0 radical (unpaired) electrons. The van der Waals surface area contributed by atoms with Crippen LogP contribution in [0.2, 0.25) is 0 Å². The van der Waals surface area contributed by atoms with Crippen LogP contribution in [0.15, 0.2) is 18.5 Å². The minimum absolute atomic E-state index is 0.189. The van der Waals surface area contributed by atoms with Crippen LogP contribution in [0.4, 0.5) is 0 Å². The van der Waals surface area contributed by atoms with Gasteiger partial charge in [-0.2, -0.15) is 5.10 Å². The van der Waals surface area contributed by atoms with E-state index in [1.54, 1.807) is 0 Å². The van der Waals surface area contributed by atoms with Crippen LogP contribution < -0.4 is 5.73 Å². The van der Waals surface area contributed by atoms with Gasteiger partial charge in [0.1, 0.15) is 0 Å². The third kappa shape index (κ3) is 2.81. The standard InChI is InChI=1S/C11H20N4O/c1-10-9-16-11(7-12)8-14(10)5-6-15-4-2-3-13-15/h2-4,10-11H,5-9,12H2,1H3. The van der Waals surface area contributed by atoms with Gasteiger partial charge in [-0.25, -0.2) is 0 Å². The van der Waals surface area contributed by atoms with E-state index in [4.69, 9.17) is 10.5 Å². The number of nitrogens with two attached hydrogens (primary N) is 1. The smallest absolute Gasteiger partial charge is 0.0824 e. The van der Waals surface area contributed by atoms with Gasteiger partial charge in [-0.15, -0.1) is 0 Å². The third-order valence-corrected chi connectivity index (χ3v) is 3.07. The van der Waals surface area contributed by atoms with E-state index in [0.29, 0.717) is 12.6 Å². The van der Waals surface area contributed by atoms with E-state index in [2.05, 4.69) is 16.9 Å². The van der Waals surface area contributed by atoms with Crippen LogP contribution in [-0.4, -0.2) is 53.1 Å². The third-order valence-electron chi connectivity index (χ3n) is 3.07. The summed E-state index contributed by atoms with van der Waals surface area (Å²) in [6.45, 7) is 6.43. The first-order valence-electron chi connectivity index (χ1n) is 5.82. The van der Waals surface area contributed by atoms with Crippen LogP contribution >= 0.6 is 0 Å². The van der Waals surface area contributed by atoms with Crippen LogP contribution in [0.25, 0.3) is 0 Å². The largest absolute Gasteiger partial charge is 0.374 e. The number of morpholine rings is 1. The van der Waals surface area contributed by atoms with Crippen molar-refractivity contribution in [2.24, 2.45) is 5.73 Å². The number of nitrogens with zero attached hydrogens (tertiary/aromatic N) is 3. The van der Waals surface area contributed by atoms with Crippen molar-refractivity contribution in [3.8, 4) is 0 Å². The quantitative estimate of drug-likeness (QED) is 0.778. The highest BCUT2D eigenvalue weighted by Crippen LogP contribution is 2.10. The van der Waals surface area contributed by atoms with Crippen molar-refractivity contribution in [2.45, 2.75) is 25.6 Å². The maximum absolute atomic E-state index is 5.63. The molecule has 2 unspecified atom stereocenters. The van der Waals surface area contributed by atoms with Gasteiger partial charge in [-0.3, -0.25) is 9.58 Å². The van der Waals surface area contributed by atoms with E-state index in [-0.39, 0.29) is 6.10 Å². The Morgan fingerprint density at radius 3 is 3.06 bits per heavy atom. The highest BCUT2D eigenvalue weighted by atomic mass is 16.5. The minimum Gasteiger partial charge on any atom is -0.374 e. The summed E-state index contributed by atoms with van der Waals surface area (Å²) >= 11 is 0. The molecule has 0 aromatic carbocycles. The fraction of sp³-hybridized carbons (Fsp3) is 0.727. The Kier molecular flexibility index (Phi) is 3.93. The van der Waals surface area contributed by atoms with E-state index in [9.17, 15) is 0 Å². The Bertz CT molecular complexity index is 301. The van der Waals surface area contributed by atoms with Crippen molar-refractivity contribution in [3.05, 3.63) is 18.5 Å². The second kappa shape index (κ2) is 5.43. The minimum atomic E-state index is 0.189. The Hall–Kier alpha value is -0.910. The number of hydrogen-bond acceptors (Lipinski definition) is 4. The molecule has 1 aromatic rings. The molecule has 1 aliphatic heterocycles. The number of hydrogen-bond donors (Lipinski definition) is 1. The van der Waals surface area contributed by atoms with Crippen LogP contribution in [0.3, 0.4) is 0 Å². The van der Waals surface area contributed by atoms with Crippen LogP contribution in [0, 0.1) is 0 Å². The van der Waals surface area contributed by atoms with E-state index >= 15 is 0 Å². The van der Waals surface area contributed by atoms with E-state index in [1.807, 2.05) is 23.1 Å². The summed E-state index contributed by atoms with van der Waals surface area (Å²) < 4.78 is 7.58. The molecule has 1 aromatic heterocycles. The average molecular weight is 224 g/mol. The molecule has 0 bridgehead atoms. The SMILES string of the molecule is CC1COC(CN)CN1CCn1cccn1. The molecule has 2 rings (SSSR count). The topological polar surface area (TPSA) is 56.3 Å². The molecule has 0 aliphatic carbocycles. The molecule has 1 saturated heterocycles. The molecule has 5 nitrogen and oxygen atoms in total. The Morgan fingerprint density at radius 2 is 2.38 bits per heavy atom. The maximum atomic E-state index is 5.63. The Morgan fingerprint density at radius 1 is 1.50 bits per heavy atom. The van der Waals surface area contributed by atoms with Crippen molar-refractivity contribution in [3.63, 3.8) is 0 Å². The van der Waals surface area contributed by atoms with Gasteiger partial charge in [0.05, 0.1) is 19.3 Å². The normalized spacial score (nSPS) is 27.1. The second-order valence-corrected chi connectivity index (χ2v) is 4.30. The molecule has 0 amide bonds. The van der Waals surface area contributed by atoms with Crippen molar-refractivity contribution in [2.75, 3.05) is 26.2 Å². The molecule has 16 heavy (non-hydrogen) atoms. The van der Waals surface area contributed by atoms with Crippen LogP contribution in [0.1, 0.15) is 6.92 Å². The van der Waals surface area contributed by atoms with Gasteiger partial charge in [-0.1, -0.05) is 0 Å². The lowest BCUT2D eigenvalue weighted by atomic mass is 10.2. The van der Waals surface area contributed by atoms with Gasteiger partial charge in [0.25, 0.3) is 0 Å². The summed E-state index contributed by atoms with van der Waals surface area (Å²) in [5.41, 5.74) is 5.63. The summed E-state index contributed by atoms with van der Waals surface area (Å²) in [7, 11) is 0. The van der Waals surface area contributed by atoms with E-state index in [1.165, 1.54) is 0 Å². The van der Waals surface area contributed by atoms with Gasteiger partial charge in [-0.05, 0) is 13.0 Å². The van der Waals surface area contributed by atoms with Crippen molar-refractivity contribution in [1.82, 2.24) is 14.7 Å². The molecular weight excluding hydrogens is 204 g/mol. The lowest BCUT2D eigenvalue weighted by Gasteiger charge is -2.37. The molecule has 1 fully saturated rings. The second-order valence-electron chi connectivity index (χ2n) is 4.30. The molecule has 90 valence electrons. The number of rotatable bonds is 4. The molecule has 5 heteroatoms. The Labute approximate surface area is 96.2 Å². The first-order valence-corrected chi connectivity index (χ1v) is 5.82. The molecule has 0 spiro atoms. The lowest BCUT2D eigenvalue weighted by Crippen LogP contribution is -2.51. The number of ether oxygens (including phenoxy) is 1. The van der Waals surface area contributed by atoms with Gasteiger partial charge in [0.2, 0.25) is 0 Å². The van der Waals surface area contributed by atoms with Gasteiger partial charge < -0.3 is 10.5 Å². The first kappa shape index (κ1) is 11.6. The zero-order chi connectivity index (χ0) is 11.4. The Balaban J connectivity index is 1.82. The van der Waals surface area contributed by atoms with Crippen LogP contribution in [0.5, 0.6) is 0 Å². The summed E-state index contributed by atoms with van der Waals surface area (Å²) in [5, 5.41) is 4.20. The fourth-order valence-electron chi connectivity index (χ4n) is 1.99. The summed E-state index contributed by atoms with van der Waals surface area (Å²) in [5.74, 6) is 0. The lowest BCUT2D eigenvalue weighted by molar-refractivity contribution is -0.0545. The summed E-state index contributed by atoms with van der Waals surface area (Å²) in [6.07, 6.45) is 3.99. The van der Waals surface area contributed by atoms with Gasteiger partial charge in [0, 0.05) is 38.1 Å². The highest BCUT2D eigenvalue weighted by molar-refractivity contribution is 4.80. The molecule has 2 N–H and O–H groups in total. The van der Waals surface area contributed by atoms with Crippen LogP contribution in [-0.2, 0) is 11.3 Å². The molecule has 2 atom stereocenters. The average Bonchev–Trinajstić information content (AvgIpc) is 2.81.